The van der Waals surface area contributed by atoms with Gasteiger partial charge in [-0.05, 0) is 36.2 Å². The zero-order chi connectivity index (χ0) is 17.8. The van der Waals surface area contributed by atoms with Crippen molar-refractivity contribution in [1.29, 1.82) is 0 Å². The number of hydrogen-bond acceptors (Lipinski definition) is 3. The van der Waals surface area contributed by atoms with E-state index in [1.165, 1.54) is 0 Å². The maximum Gasteiger partial charge on any atom is 0.339 e. The van der Waals surface area contributed by atoms with Crippen LogP contribution in [-0.2, 0) is 6.54 Å². The Morgan fingerprint density at radius 2 is 2.12 bits per heavy atom. The number of carbonyl (C=O) groups is 1. The van der Waals surface area contributed by atoms with E-state index in [1.54, 1.807) is 24.7 Å². The number of carboxylic acids is 1. The van der Waals surface area contributed by atoms with Gasteiger partial charge in [-0.1, -0.05) is 29.8 Å². The van der Waals surface area contributed by atoms with E-state index in [0.717, 1.165) is 16.7 Å². The lowest BCUT2D eigenvalue weighted by Crippen LogP contribution is -2.09. The van der Waals surface area contributed by atoms with Gasteiger partial charge in [0.05, 0.1) is 12.9 Å². The van der Waals surface area contributed by atoms with E-state index in [-0.39, 0.29) is 5.56 Å². The molecule has 3 aromatic rings. The smallest absolute Gasteiger partial charge is 0.339 e. The molecule has 6 heteroatoms. The van der Waals surface area contributed by atoms with Gasteiger partial charge in [-0.25, -0.2) is 9.78 Å². The number of aromatic nitrogens is 2. The second-order valence-electron chi connectivity index (χ2n) is 5.65. The number of ether oxygens (including phenoxy) is 1. The molecule has 1 N–H and O–H groups in total. The van der Waals surface area contributed by atoms with Gasteiger partial charge in [0, 0.05) is 23.0 Å². The van der Waals surface area contributed by atoms with Crippen LogP contribution in [0, 0.1) is 6.92 Å². The van der Waals surface area contributed by atoms with Crippen LogP contribution in [0.25, 0.3) is 11.1 Å². The summed E-state index contributed by atoms with van der Waals surface area (Å²) < 4.78 is 7.51. The van der Waals surface area contributed by atoms with Crippen molar-refractivity contribution in [2.24, 2.45) is 0 Å². The lowest BCUT2D eigenvalue weighted by Gasteiger charge is -2.12. The summed E-state index contributed by atoms with van der Waals surface area (Å²) >= 11 is 6.29. The van der Waals surface area contributed by atoms with Gasteiger partial charge in [0.15, 0.2) is 0 Å². The molecule has 0 unspecified atom stereocenters. The summed E-state index contributed by atoms with van der Waals surface area (Å²) in [4.78, 5) is 15.6. The molecule has 0 amide bonds. The Kier molecular flexibility index (Phi) is 5.05. The van der Waals surface area contributed by atoms with Crippen LogP contribution in [0.3, 0.4) is 0 Å². The summed E-state index contributed by atoms with van der Waals surface area (Å²) in [6.45, 7) is 2.89. The summed E-state index contributed by atoms with van der Waals surface area (Å²) in [6, 6.07) is 10.8. The Hall–Kier alpha value is -2.79. The molecule has 1 heterocycles. The van der Waals surface area contributed by atoms with Crippen molar-refractivity contribution in [3.63, 3.8) is 0 Å². The summed E-state index contributed by atoms with van der Waals surface area (Å²) in [5.41, 5.74) is 2.69. The molecule has 1 aromatic heterocycles. The molecule has 3 rings (SSSR count). The molecule has 0 saturated heterocycles. The van der Waals surface area contributed by atoms with Crippen molar-refractivity contribution in [3.8, 4) is 16.9 Å². The molecule has 128 valence electrons. The number of hydrogen-bond donors (Lipinski definition) is 1. The number of carboxylic acid groups (broad SMARTS) is 1. The van der Waals surface area contributed by atoms with Crippen molar-refractivity contribution in [1.82, 2.24) is 9.55 Å². The van der Waals surface area contributed by atoms with Crippen LogP contribution in [0.5, 0.6) is 5.75 Å². The fraction of sp³-hybridized carbons (Fsp3) is 0.158. The van der Waals surface area contributed by atoms with Crippen LogP contribution in [0.4, 0.5) is 0 Å². The Balaban J connectivity index is 1.83. The van der Waals surface area contributed by atoms with Gasteiger partial charge >= 0.3 is 5.97 Å². The molecule has 0 saturated carbocycles. The second kappa shape index (κ2) is 7.40. The van der Waals surface area contributed by atoms with Crippen molar-refractivity contribution in [2.45, 2.75) is 13.5 Å². The highest BCUT2D eigenvalue weighted by Gasteiger charge is 2.14. The molecule has 0 aliphatic carbocycles. The average molecular weight is 357 g/mol. The number of nitrogens with zero attached hydrogens (tertiary/aromatic N) is 2. The molecule has 0 aliphatic heterocycles. The first kappa shape index (κ1) is 17.0. The van der Waals surface area contributed by atoms with E-state index in [0.29, 0.717) is 23.9 Å². The van der Waals surface area contributed by atoms with E-state index in [2.05, 4.69) is 4.98 Å². The highest BCUT2D eigenvalue weighted by atomic mass is 35.5. The summed E-state index contributed by atoms with van der Waals surface area (Å²) in [7, 11) is 0. The van der Waals surface area contributed by atoms with Gasteiger partial charge in [-0.3, -0.25) is 0 Å². The van der Waals surface area contributed by atoms with Crippen molar-refractivity contribution in [2.75, 3.05) is 6.61 Å². The van der Waals surface area contributed by atoms with Gasteiger partial charge in [0.1, 0.15) is 17.9 Å². The van der Waals surface area contributed by atoms with Crippen molar-refractivity contribution < 1.29 is 14.6 Å². The standard InChI is InChI=1S/C19H17ClN2O3/c1-13-2-4-15(17(20)10-13)14-3-5-18(16(11-14)19(23)24)25-9-8-22-7-6-21-12-22/h2-7,10-12H,8-9H2,1H3,(H,23,24). The third-order valence-electron chi connectivity index (χ3n) is 3.81. The Bertz CT molecular complexity index is 892. The van der Waals surface area contributed by atoms with Crippen molar-refractivity contribution in [3.05, 3.63) is 71.3 Å². The molecule has 0 bridgehead atoms. The highest BCUT2D eigenvalue weighted by molar-refractivity contribution is 6.33. The minimum Gasteiger partial charge on any atom is -0.491 e. The van der Waals surface area contributed by atoms with Crippen molar-refractivity contribution >= 4 is 17.6 Å². The van der Waals surface area contributed by atoms with E-state index >= 15 is 0 Å². The molecule has 25 heavy (non-hydrogen) atoms. The zero-order valence-electron chi connectivity index (χ0n) is 13.6. The molecule has 5 nitrogen and oxygen atoms in total. The topological polar surface area (TPSA) is 64.4 Å². The van der Waals surface area contributed by atoms with Crippen LogP contribution >= 0.6 is 11.6 Å². The quantitative estimate of drug-likeness (QED) is 0.715. The lowest BCUT2D eigenvalue weighted by atomic mass is 10.0. The third-order valence-corrected chi connectivity index (χ3v) is 4.12. The van der Waals surface area contributed by atoms with Crippen LogP contribution in [-0.4, -0.2) is 27.2 Å². The first-order valence-electron chi connectivity index (χ1n) is 7.77. The van der Waals surface area contributed by atoms with Gasteiger partial charge in [-0.2, -0.15) is 0 Å². The van der Waals surface area contributed by atoms with E-state index < -0.39 is 5.97 Å². The molecular formula is C19H17ClN2O3. The monoisotopic (exact) mass is 356 g/mol. The minimum absolute atomic E-state index is 0.111. The predicted octanol–water partition coefficient (Wildman–Crippen LogP) is 4.29. The fourth-order valence-electron chi connectivity index (χ4n) is 2.52. The molecule has 0 atom stereocenters. The van der Waals surface area contributed by atoms with Gasteiger partial charge < -0.3 is 14.4 Å². The summed E-state index contributed by atoms with van der Waals surface area (Å²) in [5.74, 6) is -0.706. The molecular weight excluding hydrogens is 340 g/mol. The average Bonchev–Trinajstić information content (AvgIpc) is 3.08. The molecule has 0 spiro atoms. The summed E-state index contributed by atoms with van der Waals surface area (Å²) in [5, 5.41) is 10.1. The second-order valence-corrected chi connectivity index (χ2v) is 6.06. The first-order chi connectivity index (χ1) is 12.0. The third kappa shape index (κ3) is 4.00. The molecule has 0 aliphatic rings. The highest BCUT2D eigenvalue weighted by Crippen LogP contribution is 2.32. The Labute approximate surface area is 150 Å². The maximum atomic E-state index is 11.6. The first-order valence-corrected chi connectivity index (χ1v) is 8.15. The largest absolute Gasteiger partial charge is 0.491 e. The Morgan fingerprint density at radius 1 is 1.28 bits per heavy atom. The predicted molar refractivity (Wildman–Crippen MR) is 96.3 cm³/mol. The van der Waals surface area contributed by atoms with Gasteiger partial charge in [-0.15, -0.1) is 0 Å². The van der Waals surface area contributed by atoms with Crippen LogP contribution in [0.2, 0.25) is 5.02 Å². The number of benzene rings is 2. The van der Waals surface area contributed by atoms with E-state index in [4.69, 9.17) is 16.3 Å². The number of halogens is 1. The maximum absolute atomic E-state index is 11.6. The zero-order valence-corrected chi connectivity index (χ0v) is 14.4. The minimum atomic E-state index is -1.04. The number of aromatic carboxylic acids is 1. The fourth-order valence-corrected chi connectivity index (χ4v) is 2.87. The van der Waals surface area contributed by atoms with Crippen LogP contribution in [0.15, 0.2) is 55.1 Å². The number of aryl methyl sites for hydroxylation is 1. The molecule has 0 fully saturated rings. The van der Waals surface area contributed by atoms with Gasteiger partial charge in [0.2, 0.25) is 0 Å². The Morgan fingerprint density at radius 3 is 2.80 bits per heavy atom. The lowest BCUT2D eigenvalue weighted by molar-refractivity contribution is 0.0692. The summed E-state index contributed by atoms with van der Waals surface area (Å²) in [6.07, 6.45) is 5.19. The van der Waals surface area contributed by atoms with Crippen LogP contribution < -0.4 is 4.74 Å². The normalized spacial score (nSPS) is 10.6. The number of imidazole rings is 1. The number of rotatable bonds is 6. The molecule has 0 radical (unpaired) electrons. The SMILES string of the molecule is Cc1ccc(-c2ccc(OCCn3ccnc3)c(C(=O)O)c2)c(Cl)c1. The van der Waals surface area contributed by atoms with E-state index in [9.17, 15) is 9.90 Å². The molecule has 2 aromatic carbocycles. The van der Waals surface area contributed by atoms with Crippen LogP contribution in [0.1, 0.15) is 15.9 Å². The van der Waals surface area contributed by atoms with E-state index in [1.807, 2.05) is 42.0 Å². The van der Waals surface area contributed by atoms with Gasteiger partial charge in [0.25, 0.3) is 0 Å².